The molecule has 1 aromatic heterocycles. The molecule has 0 spiro atoms. The topological polar surface area (TPSA) is 39.6 Å². The third kappa shape index (κ3) is 2.70. The summed E-state index contributed by atoms with van der Waals surface area (Å²) in [5.41, 5.74) is 3.60. The maximum absolute atomic E-state index is 8.59. The monoisotopic (exact) mass is 258 g/mol. The van der Waals surface area contributed by atoms with E-state index in [1.807, 2.05) is 6.07 Å². The van der Waals surface area contributed by atoms with Crippen molar-refractivity contribution in [3.05, 3.63) is 33.6 Å². The number of H-pyrrole nitrogens is 1. The smallest absolute Gasteiger partial charge is 0.110 e. The van der Waals surface area contributed by atoms with Crippen molar-refractivity contribution >= 4 is 18.3 Å². The summed E-state index contributed by atoms with van der Waals surface area (Å²) < 4.78 is 0.739. The standard InChI is InChI=1S/C15H18N2S/c1-10(2)11-5-6-14-13(8-11)9-12(4-3-7-16)15(18)17-14/h3-4,9-11H,5-6,8H2,1-2H3,(H,17,18)/b4-3+. The number of nitrogens with zero attached hydrogens (tertiary/aromatic N) is 1. The van der Waals surface area contributed by atoms with Gasteiger partial charge >= 0.3 is 0 Å². The van der Waals surface area contributed by atoms with E-state index in [0.717, 1.165) is 34.9 Å². The number of hydrogen-bond acceptors (Lipinski definition) is 2. The van der Waals surface area contributed by atoms with E-state index in [0.29, 0.717) is 0 Å². The van der Waals surface area contributed by atoms with Crippen molar-refractivity contribution in [3.8, 4) is 6.07 Å². The molecule has 0 saturated heterocycles. The van der Waals surface area contributed by atoms with Crippen molar-refractivity contribution in [2.45, 2.75) is 33.1 Å². The zero-order valence-electron chi connectivity index (χ0n) is 10.9. The highest BCUT2D eigenvalue weighted by Crippen LogP contribution is 2.30. The Labute approximate surface area is 113 Å². The van der Waals surface area contributed by atoms with Gasteiger partial charge in [0, 0.05) is 17.3 Å². The first-order valence-corrected chi connectivity index (χ1v) is 6.84. The van der Waals surface area contributed by atoms with Crippen molar-refractivity contribution in [3.63, 3.8) is 0 Å². The third-order valence-electron chi connectivity index (χ3n) is 3.77. The number of nitrogens with one attached hydrogen (secondary N) is 1. The number of aryl methyl sites for hydroxylation is 1. The Kier molecular flexibility index (Phi) is 3.98. The van der Waals surface area contributed by atoms with Gasteiger partial charge in [-0.05, 0) is 48.8 Å². The lowest BCUT2D eigenvalue weighted by Gasteiger charge is -2.27. The lowest BCUT2D eigenvalue weighted by molar-refractivity contribution is 0.340. The van der Waals surface area contributed by atoms with E-state index in [-0.39, 0.29) is 0 Å². The van der Waals surface area contributed by atoms with Crippen molar-refractivity contribution in [2.75, 3.05) is 0 Å². The molecular weight excluding hydrogens is 240 g/mol. The van der Waals surface area contributed by atoms with Gasteiger partial charge in [0.2, 0.25) is 0 Å². The van der Waals surface area contributed by atoms with Crippen LogP contribution in [-0.4, -0.2) is 4.98 Å². The highest BCUT2D eigenvalue weighted by Gasteiger charge is 2.21. The van der Waals surface area contributed by atoms with Crippen LogP contribution in [0.15, 0.2) is 12.1 Å². The number of allylic oxidation sites excluding steroid dienone is 1. The summed E-state index contributed by atoms with van der Waals surface area (Å²) in [6.07, 6.45) is 6.71. The van der Waals surface area contributed by atoms with Crippen molar-refractivity contribution < 1.29 is 0 Å². The molecule has 0 aromatic carbocycles. The fraction of sp³-hybridized carbons (Fsp3) is 0.467. The molecular formula is C15H18N2S. The Morgan fingerprint density at radius 1 is 1.56 bits per heavy atom. The number of aromatic amines is 1. The van der Waals surface area contributed by atoms with Crippen molar-refractivity contribution in [1.82, 2.24) is 4.98 Å². The van der Waals surface area contributed by atoms with E-state index in [1.54, 1.807) is 6.08 Å². The van der Waals surface area contributed by atoms with Crippen LogP contribution < -0.4 is 0 Å². The quantitative estimate of drug-likeness (QED) is 0.642. The molecule has 3 heteroatoms. The van der Waals surface area contributed by atoms with Gasteiger partial charge < -0.3 is 4.98 Å². The van der Waals surface area contributed by atoms with E-state index in [2.05, 4.69) is 24.9 Å². The Bertz CT molecular complexity index is 561. The normalized spacial score (nSPS) is 18.9. The van der Waals surface area contributed by atoms with E-state index in [4.69, 9.17) is 17.5 Å². The van der Waals surface area contributed by atoms with Gasteiger partial charge in [-0.3, -0.25) is 0 Å². The zero-order valence-corrected chi connectivity index (χ0v) is 11.7. The molecule has 0 fully saturated rings. The first-order chi connectivity index (χ1) is 8.61. The lowest BCUT2D eigenvalue weighted by atomic mass is 9.80. The molecule has 0 aliphatic heterocycles. The van der Waals surface area contributed by atoms with Crippen LogP contribution in [-0.2, 0) is 12.8 Å². The predicted octanol–water partition coefficient (Wildman–Crippen LogP) is 4.04. The van der Waals surface area contributed by atoms with Crippen LogP contribution in [0.2, 0.25) is 0 Å². The van der Waals surface area contributed by atoms with E-state index in [1.165, 1.54) is 23.8 Å². The number of hydrogen-bond donors (Lipinski definition) is 1. The van der Waals surface area contributed by atoms with Crippen LogP contribution >= 0.6 is 12.2 Å². The molecule has 2 rings (SSSR count). The molecule has 0 saturated carbocycles. The van der Waals surface area contributed by atoms with Gasteiger partial charge in [0.15, 0.2) is 0 Å². The van der Waals surface area contributed by atoms with Crippen LogP contribution in [0.25, 0.3) is 6.08 Å². The highest BCUT2D eigenvalue weighted by atomic mass is 32.1. The van der Waals surface area contributed by atoms with Gasteiger partial charge in [0.1, 0.15) is 4.64 Å². The van der Waals surface area contributed by atoms with Crippen LogP contribution in [0.4, 0.5) is 0 Å². The molecule has 94 valence electrons. The number of rotatable bonds is 2. The Morgan fingerprint density at radius 3 is 3.00 bits per heavy atom. The summed E-state index contributed by atoms with van der Waals surface area (Å²) in [5, 5.41) is 8.59. The van der Waals surface area contributed by atoms with Gasteiger partial charge in [-0.25, -0.2) is 0 Å². The summed E-state index contributed by atoms with van der Waals surface area (Å²) in [7, 11) is 0. The predicted molar refractivity (Wildman–Crippen MR) is 76.6 cm³/mol. The minimum Gasteiger partial charge on any atom is -0.349 e. The third-order valence-corrected chi connectivity index (χ3v) is 4.11. The molecule has 1 unspecified atom stereocenters. The summed E-state index contributed by atoms with van der Waals surface area (Å²) >= 11 is 5.32. The molecule has 1 atom stereocenters. The molecule has 1 N–H and O–H groups in total. The number of pyridine rings is 1. The van der Waals surface area contributed by atoms with Gasteiger partial charge in [-0.15, -0.1) is 0 Å². The second kappa shape index (κ2) is 5.49. The summed E-state index contributed by atoms with van der Waals surface area (Å²) in [6.45, 7) is 4.58. The second-order valence-electron chi connectivity index (χ2n) is 5.27. The largest absolute Gasteiger partial charge is 0.349 e. The molecule has 0 radical (unpaired) electrons. The summed E-state index contributed by atoms with van der Waals surface area (Å²) in [4.78, 5) is 3.32. The van der Waals surface area contributed by atoms with Gasteiger partial charge in [0.25, 0.3) is 0 Å². The molecule has 1 aliphatic carbocycles. The SMILES string of the molecule is CC(C)C1CCc2[nH]c(=S)c(/C=C/C#N)cc2C1. The Balaban J connectivity index is 2.36. The van der Waals surface area contributed by atoms with Crippen LogP contribution in [0, 0.1) is 27.8 Å². The molecule has 1 aromatic rings. The van der Waals surface area contributed by atoms with Crippen molar-refractivity contribution in [2.24, 2.45) is 11.8 Å². The van der Waals surface area contributed by atoms with Gasteiger partial charge in [-0.1, -0.05) is 26.1 Å². The van der Waals surface area contributed by atoms with Crippen molar-refractivity contribution in [1.29, 1.82) is 5.26 Å². The molecule has 1 heterocycles. The van der Waals surface area contributed by atoms with Crippen LogP contribution in [0.5, 0.6) is 0 Å². The maximum atomic E-state index is 8.59. The lowest BCUT2D eigenvalue weighted by Crippen LogP contribution is -2.20. The molecule has 0 amide bonds. The van der Waals surface area contributed by atoms with Crippen LogP contribution in [0.3, 0.4) is 0 Å². The number of fused-ring (bicyclic) bond motifs is 1. The summed E-state index contributed by atoms with van der Waals surface area (Å²) in [6, 6.07) is 4.16. The molecule has 1 aliphatic rings. The second-order valence-corrected chi connectivity index (χ2v) is 5.68. The average Bonchev–Trinajstić information content (AvgIpc) is 2.35. The fourth-order valence-electron chi connectivity index (χ4n) is 2.57. The first kappa shape index (κ1) is 13.0. The highest BCUT2D eigenvalue weighted by molar-refractivity contribution is 7.71. The fourth-order valence-corrected chi connectivity index (χ4v) is 2.82. The Morgan fingerprint density at radius 2 is 2.33 bits per heavy atom. The van der Waals surface area contributed by atoms with Gasteiger partial charge in [0.05, 0.1) is 6.07 Å². The molecule has 0 bridgehead atoms. The molecule has 18 heavy (non-hydrogen) atoms. The minimum absolute atomic E-state index is 0.722. The Hall–Kier alpha value is -1.40. The van der Waals surface area contributed by atoms with E-state index in [9.17, 15) is 0 Å². The first-order valence-electron chi connectivity index (χ1n) is 6.43. The molecule has 2 nitrogen and oxygen atoms in total. The number of nitriles is 1. The maximum Gasteiger partial charge on any atom is 0.110 e. The zero-order chi connectivity index (χ0) is 13.1. The summed E-state index contributed by atoms with van der Waals surface area (Å²) in [5.74, 6) is 1.48. The van der Waals surface area contributed by atoms with E-state index >= 15 is 0 Å². The average molecular weight is 258 g/mol. The van der Waals surface area contributed by atoms with E-state index < -0.39 is 0 Å². The van der Waals surface area contributed by atoms with Crippen LogP contribution in [0.1, 0.15) is 37.1 Å². The minimum atomic E-state index is 0.722. The van der Waals surface area contributed by atoms with Gasteiger partial charge in [-0.2, -0.15) is 5.26 Å². The number of aromatic nitrogens is 1.